The monoisotopic (exact) mass is 239 g/mol. The number of hydrogen-bond donors (Lipinski definition) is 2. The van der Waals surface area contributed by atoms with E-state index < -0.39 is 6.10 Å². The summed E-state index contributed by atoms with van der Waals surface area (Å²) in [6.07, 6.45) is 1.00. The van der Waals surface area contributed by atoms with Crippen molar-refractivity contribution in [3.05, 3.63) is 24.2 Å². The summed E-state index contributed by atoms with van der Waals surface area (Å²) in [6, 6.07) is 3.28. The number of aliphatic hydroxyl groups excluding tert-OH is 1. The molecule has 0 radical (unpaired) electrons. The van der Waals surface area contributed by atoms with E-state index in [1.807, 2.05) is 27.7 Å². The summed E-state index contributed by atoms with van der Waals surface area (Å²) >= 11 is 0. The average molecular weight is 239 g/mol. The van der Waals surface area contributed by atoms with Crippen molar-refractivity contribution in [1.29, 1.82) is 0 Å². The molecule has 1 aromatic heterocycles. The molecule has 0 aliphatic heterocycles. The maximum atomic E-state index is 11.7. The first-order valence-corrected chi connectivity index (χ1v) is 5.84. The van der Waals surface area contributed by atoms with Crippen LogP contribution in [0.1, 0.15) is 38.2 Å². The standard InChI is InChI=1S/C13H21NO3/c1-9(2)11(15)13(3,4)8-14-12(16)10-6-5-7-17-10/h5-7,9,11,15H,8H2,1-4H3,(H,14,16). The van der Waals surface area contributed by atoms with Gasteiger partial charge in [-0.2, -0.15) is 0 Å². The maximum absolute atomic E-state index is 11.7. The second-order valence-corrected chi connectivity index (χ2v) is 5.34. The number of rotatable bonds is 5. The molecule has 0 aliphatic carbocycles. The number of aliphatic hydroxyl groups is 1. The highest BCUT2D eigenvalue weighted by Gasteiger charge is 2.30. The summed E-state index contributed by atoms with van der Waals surface area (Å²) in [5, 5.41) is 12.8. The van der Waals surface area contributed by atoms with Crippen LogP contribution in [-0.4, -0.2) is 23.7 Å². The predicted octanol–water partition coefficient (Wildman–Crippen LogP) is 2.05. The predicted molar refractivity (Wildman–Crippen MR) is 65.7 cm³/mol. The van der Waals surface area contributed by atoms with Crippen molar-refractivity contribution in [2.75, 3.05) is 6.54 Å². The van der Waals surface area contributed by atoms with Gasteiger partial charge in [0, 0.05) is 12.0 Å². The smallest absolute Gasteiger partial charge is 0.286 e. The molecule has 4 heteroatoms. The van der Waals surface area contributed by atoms with Gasteiger partial charge in [0.05, 0.1) is 12.4 Å². The quantitative estimate of drug-likeness (QED) is 0.826. The lowest BCUT2D eigenvalue weighted by Crippen LogP contribution is -2.43. The lowest BCUT2D eigenvalue weighted by Gasteiger charge is -2.33. The number of hydrogen-bond acceptors (Lipinski definition) is 3. The van der Waals surface area contributed by atoms with Crippen LogP contribution in [0.5, 0.6) is 0 Å². The zero-order valence-corrected chi connectivity index (χ0v) is 10.9. The lowest BCUT2D eigenvalue weighted by molar-refractivity contribution is 0.0136. The Morgan fingerprint density at radius 3 is 2.65 bits per heavy atom. The van der Waals surface area contributed by atoms with E-state index in [9.17, 15) is 9.90 Å². The molecule has 1 aromatic rings. The third-order valence-corrected chi connectivity index (χ3v) is 2.88. The fourth-order valence-electron chi connectivity index (χ4n) is 1.81. The number of amides is 1. The minimum atomic E-state index is -0.459. The minimum Gasteiger partial charge on any atom is -0.459 e. The van der Waals surface area contributed by atoms with Crippen LogP contribution in [0.4, 0.5) is 0 Å². The summed E-state index contributed by atoms with van der Waals surface area (Å²) in [4.78, 5) is 11.7. The second kappa shape index (κ2) is 5.36. The fourth-order valence-corrected chi connectivity index (χ4v) is 1.81. The van der Waals surface area contributed by atoms with Crippen molar-refractivity contribution < 1.29 is 14.3 Å². The van der Waals surface area contributed by atoms with Crippen LogP contribution in [0.3, 0.4) is 0 Å². The first kappa shape index (κ1) is 13.8. The van der Waals surface area contributed by atoms with Crippen LogP contribution in [0.15, 0.2) is 22.8 Å². The van der Waals surface area contributed by atoms with Crippen molar-refractivity contribution in [2.45, 2.75) is 33.8 Å². The number of nitrogens with one attached hydrogen (secondary N) is 1. The van der Waals surface area contributed by atoms with Gasteiger partial charge in [-0.3, -0.25) is 4.79 Å². The van der Waals surface area contributed by atoms with E-state index in [1.54, 1.807) is 12.1 Å². The second-order valence-electron chi connectivity index (χ2n) is 5.34. The summed E-state index contributed by atoms with van der Waals surface area (Å²) in [5.41, 5.74) is -0.365. The molecule has 1 heterocycles. The third kappa shape index (κ3) is 3.60. The van der Waals surface area contributed by atoms with Crippen molar-refractivity contribution in [2.24, 2.45) is 11.3 Å². The van der Waals surface area contributed by atoms with Crippen LogP contribution >= 0.6 is 0 Å². The van der Waals surface area contributed by atoms with Gasteiger partial charge >= 0.3 is 0 Å². The molecule has 0 fully saturated rings. The lowest BCUT2D eigenvalue weighted by atomic mass is 9.80. The molecule has 0 spiro atoms. The molecule has 0 saturated carbocycles. The van der Waals surface area contributed by atoms with E-state index in [-0.39, 0.29) is 17.2 Å². The Hall–Kier alpha value is -1.29. The molecular formula is C13H21NO3. The molecule has 1 amide bonds. The van der Waals surface area contributed by atoms with Crippen LogP contribution in [-0.2, 0) is 0 Å². The van der Waals surface area contributed by atoms with Crippen molar-refractivity contribution >= 4 is 5.91 Å². The maximum Gasteiger partial charge on any atom is 0.286 e. The van der Waals surface area contributed by atoms with E-state index in [1.165, 1.54) is 6.26 Å². The highest BCUT2D eigenvalue weighted by molar-refractivity contribution is 5.91. The van der Waals surface area contributed by atoms with Gasteiger partial charge in [-0.05, 0) is 18.1 Å². The summed E-state index contributed by atoms with van der Waals surface area (Å²) < 4.78 is 4.99. The molecule has 0 aromatic carbocycles. The Morgan fingerprint density at radius 2 is 2.18 bits per heavy atom. The van der Waals surface area contributed by atoms with Gasteiger partial charge in [-0.1, -0.05) is 27.7 Å². The van der Waals surface area contributed by atoms with E-state index in [2.05, 4.69) is 5.32 Å². The van der Waals surface area contributed by atoms with Crippen molar-refractivity contribution in [1.82, 2.24) is 5.32 Å². The van der Waals surface area contributed by atoms with E-state index in [4.69, 9.17) is 4.42 Å². The highest BCUT2D eigenvalue weighted by Crippen LogP contribution is 2.25. The van der Waals surface area contributed by atoms with Crippen LogP contribution in [0.25, 0.3) is 0 Å². The number of carbonyl (C=O) groups is 1. The third-order valence-electron chi connectivity index (χ3n) is 2.88. The molecule has 2 N–H and O–H groups in total. The molecule has 96 valence electrons. The van der Waals surface area contributed by atoms with E-state index >= 15 is 0 Å². The Bertz CT molecular complexity index is 355. The zero-order valence-electron chi connectivity index (χ0n) is 10.9. The molecule has 0 saturated heterocycles. The first-order valence-electron chi connectivity index (χ1n) is 5.84. The van der Waals surface area contributed by atoms with Crippen molar-refractivity contribution in [3.63, 3.8) is 0 Å². The molecule has 17 heavy (non-hydrogen) atoms. The molecular weight excluding hydrogens is 218 g/mol. The van der Waals surface area contributed by atoms with Gasteiger partial charge < -0.3 is 14.8 Å². The van der Waals surface area contributed by atoms with Crippen molar-refractivity contribution in [3.8, 4) is 0 Å². The summed E-state index contributed by atoms with van der Waals surface area (Å²) in [6.45, 7) is 8.19. The van der Waals surface area contributed by atoms with E-state index in [0.717, 1.165) is 0 Å². The first-order chi connectivity index (χ1) is 7.84. The molecule has 0 bridgehead atoms. The van der Waals surface area contributed by atoms with Gasteiger partial charge in [-0.25, -0.2) is 0 Å². The average Bonchev–Trinajstić information content (AvgIpc) is 2.78. The molecule has 1 rings (SSSR count). The van der Waals surface area contributed by atoms with Gasteiger partial charge in [0.1, 0.15) is 0 Å². The summed E-state index contributed by atoms with van der Waals surface area (Å²) in [7, 11) is 0. The van der Waals surface area contributed by atoms with Crippen LogP contribution in [0, 0.1) is 11.3 Å². The Kier molecular flexibility index (Phi) is 4.34. The normalized spacial score (nSPS) is 13.8. The number of furan rings is 1. The Morgan fingerprint density at radius 1 is 1.53 bits per heavy atom. The van der Waals surface area contributed by atoms with Gasteiger partial charge in [0.2, 0.25) is 0 Å². The topological polar surface area (TPSA) is 62.5 Å². The Labute approximate surface area is 102 Å². The molecule has 4 nitrogen and oxygen atoms in total. The molecule has 0 aliphatic rings. The number of carbonyl (C=O) groups excluding carboxylic acids is 1. The van der Waals surface area contributed by atoms with Crippen LogP contribution in [0.2, 0.25) is 0 Å². The van der Waals surface area contributed by atoms with Crippen LogP contribution < -0.4 is 5.32 Å². The molecule has 1 atom stereocenters. The highest BCUT2D eigenvalue weighted by atomic mass is 16.3. The van der Waals surface area contributed by atoms with E-state index in [0.29, 0.717) is 12.3 Å². The van der Waals surface area contributed by atoms with Gasteiger partial charge in [-0.15, -0.1) is 0 Å². The largest absolute Gasteiger partial charge is 0.459 e. The SMILES string of the molecule is CC(C)C(O)C(C)(C)CNC(=O)c1ccco1. The van der Waals surface area contributed by atoms with Gasteiger partial charge in [0.15, 0.2) is 5.76 Å². The summed E-state index contributed by atoms with van der Waals surface area (Å²) in [5.74, 6) is 0.199. The fraction of sp³-hybridized carbons (Fsp3) is 0.615. The minimum absolute atomic E-state index is 0.158. The molecule has 1 unspecified atom stereocenters. The van der Waals surface area contributed by atoms with Gasteiger partial charge in [0.25, 0.3) is 5.91 Å². The zero-order chi connectivity index (χ0) is 13.1. The Balaban J connectivity index is 2.53.